The second-order valence-electron chi connectivity index (χ2n) is 6.98. The Kier molecular flexibility index (Phi) is 4.08. The van der Waals surface area contributed by atoms with E-state index in [0.29, 0.717) is 5.56 Å². The van der Waals surface area contributed by atoms with Gasteiger partial charge in [0, 0.05) is 12.6 Å². The lowest BCUT2D eigenvalue weighted by molar-refractivity contribution is 0.0998. The normalized spacial score (nSPS) is 14.8. The van der Waals surface area contributed by atoms with Crippen LogP contribution in [0.5, 0.6) is 0 Å². The molecule has 0 unspecified atom stereocenters. The molecule has 3 nitrogen and oxygen atoms in total. The number of fused-ring (bicyclic) bond motifs is 2. The number of amides is 1. The summed E-state index contributed by atoms with van der Waals surface area (Å²) in [7, 11) is 1.98. The van der Waals surface area contributed by atoms with E-state index >= 15 is 0 Å². The van der Waals surface area contributed by atoms with Gasteiger partial charge in [-0.1, -0.05) is 23.5 Å². The highest BCUT2D eigenvalue weighted by atomic mass is 32.1. The molecule has 1 amide bonds. The molecule has 0 N–H and O–H groups in total. The van der Waals surface area contributed by atoms with Crippen LogP contribution in [0, 0.1) is 13.8 Å². The first kappa shape index (κ1) is 16.3. The molecule has 0 bridgehead atoms. The molecule has 0 aliphatic heterocycles. The van der Waals surface area contributed by atoms with Gasteiger partial charge in [-0.3, -0.25) is 4.79 Å². The first-order chi connectivity index (χ1) is 12.0. The van der Waals surface area contributed by atoms with E-state index in [4.69, 9.17) is 0 Å². The number of carbonyl (C=O) groups excluding carboxylic acids is 1. The van der Waals surface area contributed by atoms with Crippen molar-refractivity contribution < 1.29 is 4.79 Å². The van der Waals surface area contributed by atoms with Gasteiger partial charge in [0.05, 0.1) is 10.2 Å². The van der Waals surface area contributed by atoms with Gasteiger partial charge in [0.1, 0.15) is 0 Å². The average molecular weight is 350 g/mol. The Morgan fingerprint density at radius 1 is 1.08 bits per heavy atom. The number of hydrogen-bond donors (Lipinski definition) is 0. The topological polar surface area (TPSA) is 34.4 Å². The molecule has 0 spiro atoms. The van der Waals surface area contributed by atoms with E-state index in [2.05, 4.69) is 37.0 Å². The van der Waals surface area contributed by atoms with E-state index in [9.17, 15) is 4.79 Å². The Morgan fingerprint density at radius 2 is 1.84 bits per heavy atom. The molecule has 0 radical (unpaired) electrons. The minimum absolute atomic E-state index is 0.148. The fourth-order valence-electron chi connectivity index (χ4n) is 3.69. The summed E-state index contributed by atoms with van der Waals surface area (Å²) in [6, 6.07) is 10.4. The predicted molar refractivity (Wildman–Crippen MR) is 103 cm³/mol. The number of carbonyl (C=O) groups is 1. The number of nitrogens with zero attached hydrogens (tertiary/aromatic N) is 2. The smallest absolute Gasteiger partial charge is 0.279 e. The molecule has 4 heteroatoms. The molecule has 0 atom stereocenters. The number of thiazole rings is 1. The molecule has 4 rings (SSSR count). The molecular formula is C21H22N2OS. The first-order valence-corrected chi connectivity index (χ1v) is 9.62. The van der Waals surface area contributed by atoms with Crippen LogP contribution in [0.25, 0.3) is 10.2 Å². The zero-order valence-electron chi connectivity index (χ0n) is 14.9. The number of benzene rings is 2. The summed E-state index contributed by atoms with van der Waals surface area (Å²) < 4.78 is 3.22. The monoisotopic (exact) mass is 350 g/mol. The molecule has 128 valence electrons. The van der Waals surface area contributed by atoms with Gasteiger partial charge in [-0.15, -0.1) is 0 Å². The highest BCUT2D eigenvalue weighted by Crippen LogP contribution is 2.24. The molecule has 1 aliphatic rings. The van der Waals surface area contributed by atoms with Crippen LogP contribution in [0.3, 0.4) is 0 Å². The van der Waals surface area contributed by atoms with E-state index in [1.54, 1.807) is 11.3 Å². The Hall–Kier alpha value is -2.20. The van der Waals surface area contributed by atoms with Crippen molar-refractivity contribution in [3.63, 3.8) is 0 Å². The van der Waals surface area contributed by atoms with Crippen molar-refractivity contribution >= 4 is 27.5 Å². The average Bonchev–Trinajstić information content (AvgIpc) is 2.91. The maximum Gasteiger partial charge on any atom is 0.279 e. The second kappa shape index (κ2) is 6.26. The summed E-state index contributed by atoms with van der Waals surface area (Å²) in [6.45, 7) is 4.21. The lowest BCUT2D eigenvalue weighted by Gasteiger charge is -2.15. The minimum atomic E-state index is -0.148. The molecule has 0 saturated carbocycles. The van der Waals surface area contributed by atoms with Crippen LogP contribution in [0.15, 0.2) is 35.3 Å². The molecule has 0 fully saturated rings. The van der Waals surface area contributed by atoms with Gasteiger partial charge in [0.15, 0.2) is 4.80 Å². The molecular weight excluding hydrogens is 328 g/mol. The second-order valence-corrected chi connectivity index (χ2v) is 7.96. The summed E-state index contributed by atoms with van der Waals surface area (Å²) in [4.78, 5) is 17.9. The summed E-state index contributed by atoms with van der Waals surface area (Å²) in [6.07, 6.45) is 4.67. The fraction of sp³-hybridized carbons (Fsp3) is 0.333. The predicted octanol–water partition coefficient (Wildman–Crippen LogP) is 4.48. The first-order valence-electron chi connectivity index (χ1n) is 8.80. The molecule has 3 aromatic rings. The summed E-state index contributed by atoms with van der Waals surface area (Å²) in [5.41, 5.74) is 7.01. The Bertz CT molecular complexity index is 1060. The van der Waals surface area contributed by atoms with Gasteiger partial charge in [0.25, 0.3) is 5.91 Å². The number of hydrogen-bond acceptors (Lipinski definition) is 2. The lowest BCUT2D eigenvalue weighted by atomic mass is 9.90. The Morgan fingerprint density at radius 3 is 2.64 bits per heavy atom. The van der Waals surface area contributed by atoms with Crippen LogP contribution >= 0.6 is 11.3 Å². The third-order valence-corrected chi connectivity index (χ3v) is 6.32. The van der Waals surface area contributed by atoms with Crippen molar-refractivity contribution in [3.05, 3.63) is 63.0 Å². The maximum absolute atomic E-state index is 12.7. The maximum atomic E-state index is 12.7. The van der Waals surface area contributed by atoms with Crippen LogP contribution in [-0.4, -0.2) is 10.5 Å². The van der Waals surface area contributed by atoms with Crippen LogP contribution in [-0.2, 0) is 19.9 Å². The highest BCUT2D eigenvalue weighted by molar-refractivity contribution is 7.16. The third kappa shape index (κ3) is 2.95. The van der Waals surface area contributed by atoms with Crippen molar-refractivity contribution in [2.45, 2.75) is 39.5 Å². The molecule has 1 aliphatic carbocycles. The quantitative estimate of drug-likeness (QED) is 0.637. The van der Waals surface area contributed by atoms with E-state index in [1.165, 1.54) is 39.8 Å². The summed E-state index contributed by atoms with van der Waals surface area (Å²) >= 11 is 1.59. The molecule has 0 saturated heterocycles. The van der Waals surface area contributed by atoms with E-state index < -0.39 is 0 Å². The van der Waals surface area contributed by atoms with Gasteiger partial charge >= 0.3 is 0 Å². The molecule has 1 aromatic heterocycles. The highest BCUT2D eigenvalue weighted by Gasteiger charge is 2.13. The lowest BCUT2D eigenvalue weighted by Crippen LogP contribution is -2.14. The number of rotatable bonds is 1. The van der Waals surface area contributed by atoms with Gasteiger partial charge in [-0.25, -0.2) is 0 Å². The van der Waals surface area contributed by atoms with Crippen molar-refractivity contribution in [2.75, 3.05) is 0 Å². The van der Waals surface area contributed by atoms with E-state index in [0.717, 1.165) is 23.2 Å². The van der Waals surface area contributed by atoms with Crippen molar-refractivity contribution in [1.29, 1.82) is 0 Å². The largest absolute Gasteiger partial charge is 0.319 e. The minimum Gasteiger partial charge on any atom is -0.319 e. The van der Waals surface area contributed by atoms with E-state index in [-0.39, 0.29) is 5.91 Å². The number of aromatic nitrogens is 1. The number of aryl methyl sites for hydroxylation is 5. The van der Waals surface area contributed by atoms with Gasteiger partial charge in [0.2, 0.25) is 0 Å². The molecule has 2 aromatic carbocycles. The third-order valence-electron chi connectivity index (χ3n) is 5.03. The SMILES string of the molecule is Cc1cc(C)c2sc(=NC(=O)c3ccc4c(c3)CCCC4)n(C)c2c1. The van der Waals surface area contributed by atoms with Gasteiger partial charge < -0.3 is 4.57 Å². The van der Waals surface area contributed by atoms with Gasteiger partial charge in [-0.05, 0) is 80.0 Å². The zero-order chi connectivity index (χ0) is 17.6. The Balaban J connectivity index is 1.78. The van der Waals surface area contributed by atoms with Crippen molar-refractivity contribution in [2.24, 2.45) is 12.0 Å². The molecule has 1 heterocycles. The van der Waals surface area contributed by atoms with E-state index in [1.807, 2.05) is 23.7 Å². The fourth-order valence-corrected chi connectivity index (χ4v) is 4.76. The van der Waals surface area contributed by atoms with Crippen LogP contribution in [0.2, 0.25) is 0 Å². The summed E-state index contributed by atoms with van der Waals surface area (Å²) in [5.74, 6) is -0.148. The van der Waals surface area contributed by atoms with Gasteiger partial charge in [-0.2, -0.15) is 4.99 Å². The Labute approximate surface area is 151 Å². The standard InChI is InChI=1S/C21H22N2OS/c1-13-10-14(2)19-18(11-13)23(3)21(25-19)22-20(24)17-9-8-15-6-4-5-7-16(15)12-17/h8-12H,4-7H2,1-3H3. The van der Waals surface area contributed by atoms with Crippen LogP contribution < -0.4 is 4.80 Å². The zero-order valence-corrected chi connectivity index (χ0v) is 15.7. The van der Waals surface area contributed by atoms with Crippen molar-refractivity contribution in [1.82, 2.24) is 4.57 Å². The van der Waals surface area contributed by atoms with Crippen LogP contribution in [0.1, 0.15) is 45.5 Å². The van der Waals surface area contributed by atoms with Crippen LogP contribution in [0.4, 0.5) is 0 Å². The molecule has 25 heavy (non-hydrogen) atoms. The van der Waals surface area contributed by atoms with Crippen molar-refractivity contribution in [3.8, 4) is 0 Å². The summed E-state index contributed by atoms with van der Waals surface area (Å²) in [5, 5.41) is 0.